The van der Waals surface area contributed by atoms with Gasteiger partial charge in [0.05, 0.1) is 12.1 Å². The molecule has 4 nitrogen and oxygen atoms in total. The molecular weight excluding hydrogens is 178 g/mol. The first-order chi connectivity index (χ1) is 6.67. The molecule has 0 aliphatic heterocycles. The second kappa shape index (κ2) is 7.34. The van der Waals surface area contributed by atoms with E-state index in [0.29, 0.717) is 13.0 Å². The predicted molar refractivity (Wildman–Crippen MR) is 55.6 cm³/mol. The Morgan fingerprint density at radius 2 is 2.07 bits per heavy atom. The van der Waals surface area contributed by atoms with Gasteiger partial charge in [-0.2, -0.15) is 5.26 Å². The summed E-state index contributed by atoms with van der Waals surface area (Å²) in [6.07, 6.45) is 0.440. The SMILES string of the molecule is CCN(CC)C(=O)C(C)NCCC#N. The number of hydrogen-bond acceptors (Lipinski definition) is 3. The number of carbonyl (C=O) groups is 1. The van der Waals surface area contributed by atoms with Crippen molar-refractivity contribution in [2.45, 2.75) is 33.2 Å². The van der Waals surface area contributed by atoms with Gasteiger partial charge >= 0.3 is 0 Å². The number of nitrogens with zero attached hydrogens (tertiary/aromatic N) is 2. The Morgan fingerprint density at radius 1 is 1.50 bits per heavy atom. The zero-order valence-electron chi connectivity index (χ0n) is 9.21. The van der Waals surface area contributed by atoms with E-state index < -0.39 is 0 Å². The molecule has 1 unspecified atom stereocenters. The van der Waals surface area contributed by atoms with Crippen LogP contribution in [-0.4, -0.2) is 36.5 Å². The van der Waals surface area contributed by atoms with E-state index in [-0.39, 0.29) is 11.9 Å². The summed E-state index contributed by atoms with van der Waals surface area (Å²) in [6.45, 7) is 7.80. The van der Waals surface area contributed by atoms with Gasteiger partial charge in [-0.25, -0.2) is 0 Å². The molecule has 0 saturated heterocycles. The van der Waals surface area contributed by atoms with Crippen LogP contribution in [0.4, 0.5) is 0 Å². The Bertz CT molecular complexity index is 206. The summed E-state index contributed by atoms with van der Waals surface area (Å²) >= 11 is 0. The Labute approximate surface area is 85.9 Å². The van der Waals surface area contributed by atoms with Crippen molar-refractivity contribution in [2.75, 3.05) is 19.6 Å². The molecular formula is C10H19N3O. The largest absolute Gasteiger partial charge is 0.342 e. The molecule has 0 aromatic rings. The maximum atomic E-state index is 11.7. The summed E-state index contributed by atoms with van der Waals surface area (Å²) in [4.78, 5) is 13.5. The van der Waals surface area contributed by atoms with Crippen LogP contribution in [0.1, 0.15) is 27.2 Å². The summed E-state index contributed by atoms with van der Waals surface area (Å²) in [7, 11) is 0. The Kier molecular flexibility index (Phi) is 6.77. The molecule has 1 N–H and O–H groups in total. The summed E-state index contributed by atoms with van der Waals surface area (Å²) in [5, 5.41) is 11.4. The van der Waals surface area contributed by atoms with E-state index in [1.807, 2.05) is 26.8 Å². The predicted octanol–water partition coefficient (Wildman–Crippen LogP) is 0.747. The number of amides is 1. The van der Waals surface area contributed by atoms with Crippen molar-refractivity contribution in [2.24, 2.45) is 0 Å². The zero-order chi connectivity index (χ0) is 11.0. The minimum atomic E-state index is -0.191. The smallest absolute Gasteiger partial charge is 0.239 e. The first-order valence-corrected chi connectivity index (χ1v) is 5.06. The molecule has 4 heteroatoms. The number of carbonyl (C=O) groups excluding carboxylic acids is 1. The lowest BCUT2D eigenvalue weighted by Gasteiger charge is -2.23. The molecule has 0 rings (SSSR count). The highest BCUT2D eigenvalue weighted by atomic mass is 16.2. The van der Waals surface area contributed by atoms with Gasteiger partial charge in [-0.15, -0.1) is 0 Å². The second-order valence-corrected chi connectivity index (χ2v) is 3.09. The summed E-state index contributed by atoms with van der Waals surface area (Å²) in [6, 6.07) is 1.84. The minimum absolute atomic E-state index is 0.105. The van der Waals surface area contributed by atoms with Crippen molar-refractivity contribution >= 4 is 5.91 Å². The second-order valence-electron chi connectivity index (χ2n) is 3.09. The Hall–Kier alpha value is -1.08. The third-order valence-corrected chi connectivity index (χ3v) is 2.13. The van der Waals surface area contributed by atoms with Crippen LogP contribution in [0.2, 0.25) is 0 Å². The lowest BCUT2D eigenvalue weighted by molar-refractivity contribution is -0.132. The van der Waals surface area contributed by atoms with Crippen LogP contribution in [0.25, 0.3) is 0 Å². The molecule has 14 heavy (non-hydrogen) atoms. The van der Waals surface area contributed by atoms with Crippen LogP contribution in [0.3, 0.4) is 0 Å². The molecule has 0 spiro atoms. The highest BCUT2D eigenvalue weighted by Crippen LogP contribution is 1.94. The lowest BCUT2D eigenvalue weighted by atomic mass is 10.2. The molecule has 0 fully saturated rings. The maximum absolute atomic E-state index is 11.7. The van der Waals surface area contributed by atoms with E-state index in [4.69, 9.17) is 5.26 Å². The molecule has 80 valence electrons. The van der Waals surface area contributed by atoms with Crippen molar-refractivity contribution in [3.05, 3.63) is 0 Å². The van der Waals surface area contributed by atoms with Crippen LogP contribution >= 0.6 is 0 Å². The number of likely N-dealkylation sites (N-methyl/N-ethyl adjacent to an activating group) is 1. The number of rotatable bonds is 6. The van der Waals surface area contributed by atoms with Crippen LogP contribution in [-0.2, 0) is 4.79 Å². The minimum Gasteiger partial charge on any atom is -0.342 e. The summed E-state index contributed by atoms with van der Waals surface area (Å²) in [5.74, 6) is 0.105. The average Bonchev–Trinajstić information content (AvgIpc) is 2.19. The van der Waals surface area contributed by atoms with Crippen molar-refractivity contribution in [1.29, 1.82) is 5.26 Å². The standard InChI is InChI=1S/C10H19N3O/c1-4-13(5-2)10(14)9(3)12-8-6-7-11/h9,12H,4-6,8H2,1-3H3. The molecule has 0 aromatic heterocycles. The third kappa shape index (κ3) is 4.24. The molecule has 0 aliphatic rings. The van der Waals surface area contributed by atoms with Crippen LogP contribution < -0.4 is 5.32 Å². The first kappa shape index (κ1) is 12.9. The van der Waals surface area contributed by atoms with Gasteiger partial charge in [0.25, 0.3) is 0 Å². The first-order valence-electron chi connectivity index (χ1n) is 5.06. The monoisotopic (exact) mass is 197 g/mol. The number of nitriles is 1. The van der Waals surface area contributed by atoms with E-state index in [2.05, 4.69) is 5.32 Å². The van der Waals surface area contributed by atoms with Gasteiger partial charge in [0.15, 0.2) is 0 Å². The molecule has 0 radical (unpaired) electrons. The zero-order valence-corrected chi connectivity index (χ0v) is 9.21. The Balaban J connectivity index is 3.92. The van der Waals surface area contributed by atoms with Crippen molar-refractivity contribution < 1.29 is 4.79 Å². The van der Waals surface area contributed by atoms with Crippen molar-refractivity contribution in [1.82, 2.24) is 10.2 Å². The fourth-order valence-electron chi connectivity index (χ4n) is 1.24. The van der Waals surface area contributed by atoms with Crippen LogP contribution in [0, 0.1) is 11.3 Å². The molecule has 0 aliphatic carbocycles. The normalized spacial score (nSPS) is 11.9. The van der Waals surface area contributed by atoms with Crippen LogP contribution in [0.5, 0.6) is 0 Å². The topological polar surface area (TPSA) is 56.1 Å². The van der Waals surface area contributed by atoms with Crippen LogP contribution in [0.15, 0.2) is 0 Å². The molecule has 0 aromatic carbocycles. The van der Waals surface area contributed by atoms with E-state index in [1.54, 1.807) is 4.90 Å². The van der Waals surface area contributed by atoms with Gasteiger partial charge in [-0.3, -0.25) is 4.79 Å². The van der Waals surface area contributed by atoms with Gasteiger partial charge in [0, 0.05) is 26.1 Å². The lowest BCUT2D eigenvalue weighted by Crippen LogP contribution is -2.44. The van der Waals surface area contributed by atoms with Gasteiger partial charge in [0.1, 0.15) is 0 Å². The third-order valence-electron chi connectivity index (χ3n) is 2.13. The molecule has 0 saturated carbocycles. The quantitative estimate of drug-likeness (QED) is 0.639. The van der Waals surface area contributed by atoms with Gasteiger partial charge in [-0.1, -0.05) is 0 Å². The molecule has 0 heterocycles. The Morgan fingerprint density at radius 3 is 2.50 bits per heavy atom. The summed E-state index contributed by atoms with van der Waals surface area (Å²) in [5.41, 5.74) is 0. The fraction of sp³-hybridized carbons (Fsp3) is 0.800. The fourth-order valence-corrected chi connectivity index (χ4v) is 1.24. The summed E-state index contributed by atoms with van der Waals surface area (Å²) < 4.78 is 0. The van der Waals surface area contributed by atoms with E-state index >= 15 is 0 Å². The highest BCUT2D eigenvalue weighted by Gasteiger charge is 2.16. The average molecular weight is 197 g/mol. The molecule has 1 atom stereocenters. The van der Waals surface area contributed by atoms with Crippen molar-refractivity contribution in [3.63, 3.8) is 0 Å². The molecule has 1 amide bonds. The number of nitrogens with one attached hydrogen (secondary N) is 1. The van der Waals surface area contributed by atoms with Gasteiger partial charge in [-0.05, 0) is 20.8 Å². The van der Waals surface area contributed by atoms with Gasteiger partial charge in [0.2, 0.25) is 5.91 Å². The highest BCUT2D eigenvalue weighted by molar-refractivity contribution is 5.81. The van der Waals surface area contributed by atoms with E-state index in [9.17, 15) is 4.79 Å². The van der Waals surface area contributed by atoms with E-state index in [0.717, 1.165) is 13.1 Å². The van der Waals surface area contributed by atoms with Crippen molar-refractivity contribution in [3.8, 4) is 6.07 Å². The van der Waals surface area contributed by atoms with E-state index in [1.165, 1.54) is 0 Å². The molecule has 0 bridgehead atoms. The maximum Gasteiger partial charge on any atom is 0.239 e. The number of hydrogen-bond donors (Lipinski definition) is 1. The van der Waals surface area contributed by atoms with Gasteiger partial charge < -0.3 is 10.2 Å².